The minimum Gasteiger partial charge on any atom is -0.465 e. The van der Waals surface area contributed by atoms with Crippen molar-refractivity contribution in [3.05, 3.63) is 67.2 Å². The number of amides is 1. The molecule has 0 unspecified atom stereocenters. The highest BCUT2D eigenvalue weighted by atomic mass is 127. The minimum absolute atomic E-state index is 0.295. The standard InChI is InChI=1S/C18H14Cl2INO3/c1-10(11-3-5-14(19)15(20)8-11)7-17(23)22-16-6-4-12(21)9-13(16)18(24)25-2/h3-9H,1-2H3,(H,22,23). The third-order valence-corrected chi connectivity index (χ3v) is 4.78. The predicted molar refractivity (Wildman–Crippen MR) is 109 cm³/mol. The van der Waals surface area contributed by atoms with Crippen LogP contribution in [-0.2, 0) is 9.53 Å². The number of allylic oxidation sites excluding steroid dienone is 1. The maximum atomic E-state index is 12.3. The number of rotatable bonds is 4. The Kier molecular flexibility index (Phi) is 6.87. The first-order valence-corrected chi connectivity index (χ1v) is 8.98. The fraction of sp³-hybridized carbons (Fsp3) is 0.111. The number of carbonyl (C=O) groups excluding carboxylic acids is 2. The second-order valence-electron chi connectivity index (χ2n) is 5.13. The molecular formula is C18H14Cl2INO3. The molecule has 0 fully saturated rings. The Morgan fingerprint density at radius 1 is 1.12 bits per heavy atom. The van der Waals surface area contributed by atoms with Gasteiger partial charge in [0.15, 0.2) is 0 Å². The van der Waals surface area contributed by atoms with Gasteiger partial charge in [0.2, 0.25) is 5.91 Å². The average Bonchev–Trinajstić information content (AvgIpc) is 2.58. The molecule has 0 heterocycles. The van der Waals surface area contributed by atoms with Crippen molar-refractivity contribution in [2.45, 2.75) is 6.92 Å². The van der Waals surface area contributed by atoms with E-state index >= 15 is 0 Å². The fourth-order valence-corrected chi connectivity index (χ4v) is 2.88. The van der Waals surface area contributed by atoms with Gasteiger partial charge in [-0.2, -0.15) is 0 Å². The molecule has 0 aromatic heterocycles. The second-order valence-corrected chi connectivity index (χ2v) is 7.19. The van der Waals surface area contributed by atoms with Crippen molar-refractivity contribution in [3.63, 3.8) is 0 Å². The Hall–Kier alpha value is -1.57. The van der Waals surface area contributed by atoms with E-state index in [1.165, 1.54) is 13.2 Å². The van der Waals surface area contributed by atoms with Crippen molar-refractivity contribution in [1.29, 1.82) is 0 Å². The number of hydrogen-bond acceptors (Lipinski definition) is 3. The molecule has 0 aliphatic rings. The summed E-state index contributed by atoms with van der Waals surface area (Å²) >= 11 is 14.0. The van der Waals surface area contributed by atoms with Crippen LogP contribution >= 0.6 is 45.8 Å². The highest BCUT2D eigenvalue weighted by Gasteiger charge is 2.14. The highest BCUT2D eigenvalue weighted by Crippen LogP contribution is 2.26. The molecule has 25 heavy (non-hydrogen) atoms. The SMILES string of the molecule is COC(=O)c1cc(I)ccc1NC(=O)C=C(C)c1ccc(Cl)c(Cl)c1. The van der Waals surface area contributed by atoms with Gasteiger partial charge in [-0.3, -0.25) is 4.79 Å². The van der Waals surface area contributed by atoms with Crippen LogP contribution in [0.4, 0.5) is 5.69 Å². The van der Waals surface area contributed by atoms with Crippen LogP contribution in [0.25, 0.3) is 5.57 Å². The molecule has 0 saturated heterocycles. The van der Waals surface area contributed by atoms with E-state index in [1.54, 1.807) is 43.3 Å². The molecule has 0 spiro atoms. The monoisotopic (exact) mass is 489 g/mol. The quantitative estimate of drug-likeness (QED) is 0.354. The number of benzene rings is 2. The number of nitrogens with one attached hydrogen (secondary N) is 1. The Balaban J connectivity index is 2.25. The lowest BCUT2D eigenvalue weighted by Crippen LogP contribution is -2.13. The molecule has 7 heteroatoms. The van der Waals surface area contributed by atoms with Crippen LogP contribution in [0.3, 0.4) is 0 Å². The minimum atomic E-state index is -0.515. The summed E-state index contributed by atoms with van der Waals surface area (Å²) < 4.78 is 5.61. The van der Waals surface area contributed by atoms with Gasteiger partial charge >= 0.3 is 5.97 Å². The molecule has 0 radical (unpaired) electrons. The van der Waals surface area contributed by atoms with Gasteiger partial charge in [-0.15, -0.1) is 0 Å². The molecular weight excluding hydrogens is 476 g/mol. The molecule has 1 amide bonds. The second kappa shape index (κ2) is 8.69. The zero-order valence-electron chi connectivity index (χ0n) is 13.4. The maximum Gasteiger partial charge on any atom is 0.340 e. The van der Waals surface area contributed by atoms with Crippen LogP contribution in [0.2, 0.25) is 10.0 Å². The average molecular weight is 490 g/mol. The lowest BCUT2D eigenvalue weighted by Gasteiger charge is -2.10. The largest absolute Gasteiger partial charge is 0.465 e. The van der Waals surface area contributed by atoms with Gasteiger partial charge in [-0.05, 0) is 71.0 Å². The van der Waals surface area contributed by atoms with E-state index in [0.29, 0.717) is 26.9 Å². The molecule has 2 rings (SSSR count). The van der Waals surface area contributed by atoms with Crippen molar-refractivity contribution >= 4 is 68.9 Å². The predicted octanol–water partition coefficient (Wildman–Crippen LogP) is 5.43. The van der Waals surface area contributed by atoms with Gasteiger partial charge in [0, 0.05) is 9.65 Å². The van der Waals surface area contributed by atoms with E-state index in [9.17, 15) is 9.59 Å². The number of carbonyl (C=O) groups is 2. The third kappa shape index (κ3) is 5.20. The molecule has 130 valence electrons. The zero-order chi connectivity index (χ0) is 18.6. The van der Waals surface area contributed by atoms with Crippen LogP contribution < -0.4 is 5.32 Å². The third-order valence-electron chi connectivity index (χ3n) is 3.37. The van der Waals surface area contributed by atoms with Crippen LogP contribution in [0, 0.1) is 3.57 Å². The molecule has 2 aromatic rings. The van der Waals surface area contributed by atoms with Crippen LogP contribution in [0.5, 0.6) is 0 Å². The van der Waals surface area contributed by atoms with E-state index in [1.807, 2.05) is 0 Å². The van der Waals surface area contributed by atoms with Crippen molar-refractivity contribution in [1.82, 2.24) is 0 Å². The van der Waals surface area contributed by atoms with Crippen LogP contribution in [0.15, 0.2) is 42.5 Å². The number of esters is 1. The van der Waals surface area contributed by atoms with Gasteiger partial charge in [-0.25, -0.2) is 4.79 Å². The van der Waals surface area contributed by atoms with Gasteiger partial charge in [0.1, 0.15) is 0 Å². The van der Waals surface area contributed by atoms with E-state index in [4.69, 9.17) is 27.9 Å². The molecule has 4 nitrogen and oxygen atoms in total. The molecule has 0 aliphatic heterocycles. The molecule has 0 bridgehead atoms. The van der Waals surface area contributed by atoms with Gasteiger partial charge < -0.3 is 10.1 Å². The van der Waals surface area contributed by atoms with E-state index < -0.39 is 5.97 Å². The first kappa shape index (κ1) is 19.8. The Morgan fingerprint density at radius 2 is 1.84 bits per heavy atom. The molecule has 1 N–H and O–H groups in total. The lowest BCUT2D eigenvalue weighted by atomic mass is 10.1. The van der Waals surface area contributed by atoms with E-state index in [2.05, 4.69) is 27.9 Å². The lowest BCUT2D eigenvalue weighted by molar-refractivity contribution is -0.111. The molecule has 2 aromatic carbocycles. The molecule has 0 saturated carbocycles. The highest BCUT2D eigenvalue weighted by molar-refractivity contribution is 14.1. The number of ether oxygens (including phenoxy) is 1. The zero-order valence-corrected chi connectivity index (χ0v) is 17.1. The smallest absolute Gasteiger partial charge is 0.340 e. The fourth-order valence-electron chi connectivity index (χ4n) is 2.09. The molecule has 0 atom stereocenters. The Bertz CT molecular complexity index is 865. The first-order valence-electron chi connectivity index (χ1n) is 7.14. The Labute approximate surface area is 169 Å². The summed E-state index contributed by atoms with van der Waals surface area (Å²) in [5.41, 5.74) is 2.17. The van der Waals surface area contributed by atoms with Crippen molar-refractivity contribution in [2.24, 2.45) is 0 Å². The van der Waals surface area contributed by atoms with Crippen molar-refractivity contribution in [3.8, 4) is 0 Å². The summed E-state index contributed by atoms with van der Waals surface area (Å²) in [6.07, 6.45) is 1.43. The number of halogens is 3. The van der Waals surface area contributed by atoms with E-state index in [0.717, 1.165) is 9.13 Å². The summed E-state index contributed by atoms with van der Waals surface area (Å²) in [4.78, 5) is 24.2. The van der Waals surface area contributed by atoms with Crippen molar-refractivity contribution < 1.29 is 14.3 Å². The van der Waals surface area contributed by atoms with Gasteiger partial charge in [-0.1, -0.05) is 29.3 Å². The van der Waals surface area contributed by atoms with Crippen LogP contribution in [-0.4, -0.2) is 19.0 Å². The van der Waals surface area contributed by atoms with Gasteiger partial charge in [0.25, 0.3) is 0 Å². The number of anilines is 1. The summed E-state index contributed by atoms with van der Waals surface area (Å²) in [6.45, 7) is 1.79. The maximum absolute atomic E-state index is 12.3. The van der Waals surface area contributed by atoms with Crippen molar-refractivity contribution in [2.75, 3.05) is 12.4 Å². The number of hydrogen-bond donors (Lipinski definition) is 1. The summed E-state index contributed by atoms with van der Waals surface area (Å²) in [6, 6.07) is 10.2. The summed E-state index contributed by atoms with van der Waals surface area (Å²) in [7, 11) is 1.29. The van der Waals surface area contributed by atoms with Gasteiger partial charge in [0.05, 0.1) is 28.4 Å². The Morgan fingerprint density at radius 3 is 2.48 bits per heavy atom. The summed E-state index contributed by atoms with van der Waals surface area (Å²) in [5.74, 6) is -0.881. The summed E-state index contributed by atoms with van der Waals surface area (Å²) in [5, 5.41) is 3.56. The molecule has 0 aliphatic carbocycles. The topological polar surface area (TPSA) is 55.4 Å². The first-order chi connectivity index (χ1) is 11.8. The van der Waals surface area contributed by atoms with E-state index in [-0.39, 0.29) is 5.91 Å². The van der Waals surface area contributed by atoms with Crippen LogP contribution in [0.1, 0.15) is 22.8 Å². The number of methoxy groups -OCH3 is 1. The normalized spacial score (nSPS) is 11.2.